The van der Waals surface area contributed by atoms with Gasteiger partial charge in [-0.05, 0) is 45.9 Å². The fourth-order valence-electron chi connectivity index (χ4n) is 2.24. The molecule has 0 aliphatic heterocycles. The van der Waals surface area contributed by atoms with Crippen LogP contribution < -0.4 is 5.32 Å². The van der Waals surface area contributed by atoms with Crippen LogP contribution in [0.2, 0.25) is 0 Å². The van der Waals surface area contributed by atoms with E-state index in [1.807, 2.05) is 13.8 Å². The summed E-state index contributed by atoms with van der Waals surface area (Å²) in [7, 11) is 0. The van der Waals surface area contributed by atoms with Crippen molar-refractivity contribution in [2.24, 2.45) is 0 Å². The summed E-state index contributed by atoms with van der Waals surface area (Å²) in [6.45, 7) is 6.67. The fourth-order valence-corrected chi connectivity index (χ4v) is 3.16. The predicted octanol–water partition coefficient (Wildman–Crippen LogP) is 3.75. The molecular formula is C18H19NO4S. The second kappa shape index (κ2) is 7.40. The highest BCUT2D eigenvalue weighted by atomic mass is 32.1. The van der Waals surface area contributed by atoms with Crippen LogP contribution in [0.5, 0.6) is 0 Å². The number of rotatable bonds is 5. The SMILES string of the molecule is CC(=O)c1ccccc1NC(=O)C(C)OC(=O)c1cc(C)sc1C. The summed E-state index contributed by atoms with van der Waals surface area (Å²) >= 11 is 1.50. The number of hydrogen-bond donors (Lipinski definition) is 1. The number of para-hydroxylation sites is 1. The normalized spacial score (nSPS) is 11.7. The van der Waals surface area contributed by atoms with Gasteiger partial charge in [0.25, 0.3) is 5.91 Å². The van der Waals surface area contributed by atoms with Gasteiger partial charge in [-0.3, -0.25) is 9.59 Å². The summed E-state index contributed by atoms with van der Waals surface area (Å²) in [5.74, 6) is -1.17. The van der Waals surface area contributed by atoms with Gasteiger partial charge in [0.05, 0.1) is 11.3 Å². The van der Waals surface area contributed by atoms with E-state index in [0.717, 1.165) is 9.75 Å². The standard InChI is InChI=1S/C18H19NO4S/c1-10-9-15(13(4)24-10)18(22)23-12(3)17(21)19-16-8-6-5-7-14(16)11(2)20/h5-9,12H,1-4H3,(H,19,21). The van der Waals surface area contributed by atoms with Crippen molar-refractivity contribution in [1.29, 1.82) is 0 Å². The Morgan fingerprint density at radius 2 is 1.79 bits per heavy atom. The van der Waals surface area contributed by atoms with Crippen LogP contribution in [0, 0.1) is 13.8 Å². The van der Waals surface area contributed by atoms with Gasteiger partial charge in [-0.15, -0.1) is 11.3 Å². The van der Waals surface area contributed by atoms with Crippen molar-refractivity contribution in [2.75, 3.05) is 5.32 Å². The minimum absolute atomic E-state index is 0.153. The van der Waals surface area contributed by atoms with Gasteiger partial charge in [-0.1, -0.05) is 12.1 Å². The smallest absolute Gasteiger partial charge is 0.340 e. The first-order valence-corrected chi connectivity index (χ1v) is 8.30. The van der Waals surface area contributed by atoms with E-state index >= 15 is 0 Å². The number of thiophene rings is 1. The lowest BCUT2D eigenvalue weighted by atomic mass is 10.1. The highest BCUT2D eigenvalue weighted by Crippen LogP contribution is 2.22. The second-order valence-electron chi connectivity index (χ2n) is 5.47. The molecular weight excluding hydrogens is 326 g/mol. The first-order valence-electron chi connectivity index (χ1n) is 7.48. The molecule has 24 heavy (non-hydrogen) atoms. The number of carbonyl (C=O) groups is 3. The lowest BCUT2D eigenvalue weighted by molar-refractivity contribution is -0.123. The van der Waals surface area contributed by atoms with Crippen LogP contribution in [0.3, 0.4) is 0 Å². The minimum Gasteiger partial charge on any atom is -0.449 e. The number of hydrogen-bond acceptors (Lipinski definition) is 5. The molecule has 5 nitrogen and oxygen atoms in total. The van der Waals surface area contributed by atoms with Crippen molar-refractivity contribution in [2.45, 2.75) is 33.8 Å². The summed E-state index contributed by atoms with van der Waals surface area (Å²) in [6.07, 6.45) is -0.975. The van der Waals surface area contributed by atoms with E-state index in [4.69, 9.17) is 4.74 Å². The van der Waals surface area contributed by atoms with E-state index in [-0.39, 0.29) is 5.78 Å². The van der Waals surface area contributed by atoms with Crippen LogP contribution in [-0.4, -0.2) is 23.8 Å². The van der Waals surface area contributed by atoms with E-state index in [0.29, 0.717) is 16.8 Å². The summed E-state index contributed by atoms with van der Waals surface area (Å²) in [6, 6.07) is 8.45. The van der Waals surface area contributed by atoms with Gasteiger partial charge < -0.3 is 10.1 Å². The maximum absolute atomic E-state index is 12.2. The molecule has 1 atom stereocenters. The molecule has 0 aliphatic rings. The van der Waals surface area contributed by atoms with Gasteiger partial charge in [0.1, 0.15) is 0 Å². The molecule has 0 fully saturated rings. The lowest BCUT2D eigenvalue weighted by Crippen LogP contribution is -2.30. The van der Waals surface area contributed by atoms with Crippen LogP contribution >= 0.6 is 11.3 Å². The van der Waals surface area contributed by atoms with Gasteiger partial charge in [-0.2, -0.15) is 0 Å². The number of Topliss-reactive ketones (excluding diaryl/α,β-unsaturated/α-hetero) is 1. The largest absolute Gasteiger partial charge is 0.449 e. The Balaban J connectivity index is 2.06. The number of benzene rings is 1. The van der Waals surface area contributed by atoms with E-state index in [1.165, 1.54) is 25.2 Å². The van der Waals surface area contributed by atoms with Gasteiger partial charge in [0, 0.05) is 15.3 Å². The maximum atomic E-state index is 12.2. The van der Waals surface area contributed by atoms with Crippen molar-refractivity contribution in [3.8, 4) is 0 Å². The number of ketones is 1. The molecule has 1 aromatic heterocycles. The molecule has 0 radical (unpaired) electrons. The van der Waals surface area contributed by atoms with E-state index in [2.05, 4.69) is 5.32 Å². The Labute approximate surface area is 144 Å². The number of anilines is 1. The average Bonchev–Trinajstić information content (AvgIpc) is 2.86. The lowest BCUT2D eigenvalue weighted by Gasteiger charge is -2.15. The molecule has 0 bridgehead atoms. The first-order chi connectivity index (χ1) is 11.3. The van der Waals surface area contributed by atoms with Crippen molar-refractivity contribution >= 4 is 34.7 Å². The van der Waals surface area contributed by atoms with Gasteiger partial charge in [0.15, 0.2) is 11.9 Å². The molecule has 1 amide bonds. The van der Waals surface area contributed by atoms with Crippen molar-refractivity contribution in [3.63, 3.8) is 0 Å². The number of ether oxygens (including phenoxy) is 1. The summed E-state index contributed by atoms with van der Waals surface area (Å²) in [5, 5.41) is 2.63. The van der Waals surface area contributed by atoms with Crippen LogP contribution in [0.25, 0.3) is 0 Å². The molecule has 1 N–H and O–H groups in total. The van der Waals surface area contributed by atoms with Crippen LogP contribution in [0.4, 0.5) is 5.69 Å². The molecule has 0 saturated heterocycles. The molecule has 1 unspecified atom stereocenters. The molecule has 2 aromatic rings. The van der Waals surface area contributed by atoms with E-state index in [1.54, 1.807) is 30.3 Å². The van der Waals surface area contributed by atoms with E-state index in [9.17, 15) is 14.4 Å². The van der Waals surface area contributed by atoms with Crippen LogP contribution in [0.15, 0.2) is 30.3 Å². The third-order valence-electron chi connectivity index (χ3n) is 3.48. The molecule has 126 valence electrons. The summed E-state index contributed by atoms with van der Waals surface area (Å²) < 4.78 is 5.24. The zero-order valence-electron chi connectivity index (χ0n) is 14.0. The quantitative estimate of drug-likeness (QED) is 0.662. The molecule has 1 heterocycles. The average molecular weight is 345 g/mol. The van der Waals surface area contributed by atoms with Gasteiger partial charge in [0.2, 0.25) is 0 Å². The Bertz CT molecular complexity index is 794. The number of aryl methyl sites for hydroxylation is 2. The van der Waals surface area contributed by atoms with Crippen molar-refractivity contribution < 1.29 is 19.1 Å². The first kappa shape index (κ1) is 17.9. The fraction of sp³-hybridized carbons (Fsp3) is 0.278. The maximum Gasteiger partial charge on any atom is 0.340 e. The number of amides is 1. The summed E-state index contributed by atoms with van der Waals surface area (Å²) in [5.41, 5.74) is 1.29. The van der Waals surface area contributed by atoms with Crippen LogP contribution in [0.1, 0.15) is 44.3 Å². The number of nitrogens with one attached hydrogen (secondary N) is 1. The minimum atomic E-state index is -0.975. The van der Waals surface area contributed by atoms with Gasteiger partial charge in [-0.25, -0.2) is 4.79 Å². The molecule has 0 saturated carbocycles. The summed E-state index contributed by atoms with van der Waals surface area (Å²) in [4.78, 5) is 37.9. The van der Waals surface area contributed by atoms with Crippen LogP contribution in [-0.2, 0) is 9.53 Å². The Morgan fingerprint density at radius 3 is 2.38 bits per heavy atom. The topological polar surface area (TPSA) is 72.5 Å². The zero-order valence-corrected chi connectivity index (χ0v) is 14.8. The van der Waals surface area contributed by atoms with Crippen molar-refractivity contribution in [1.82, 2.24) is 0 Å². The second-order valence-corrected chi connectivity index (χ2v) is 6.93. The highest BCUT2D eigenvalue weighted by Gasteiger charge is 2.22. The Hall–Kier alpha value is -2.47. The third-order valence-corrected chi connectivity index (χ3v) is 4.44. The highest BCUT2D eigenvalue weighted by molar-refractivity contribution is 7.12. The predicted molar refractivity (Wildman–Crippen MR) is 93.7 cm³/mol. The monoisotopic (exact) mass is 345 g/mol. The Kier molecular flexibility index (Phi) is 5.51. The molecule has 0 spiro atoms. The molecule has 1 aromatic carbocycles. The number of esters is 1. The zero-order chi connectivity index (χ0) is 17.9. The molecule has 0 aliphatic carbocycles. The number of carbonyl (C=O) groups excluding carboxylic acids is 3. The third kappa shape index (κ3) is 4.08. The van der Waals surface area contributed by atoms with Crippen molar-refractivity contribution in [3.05, 3.63) is 51.2 Å². The molecule has 2 rings (SSSR count). The van der Waals surface area contributed by atoms with E-state index < -0.39 is 18.0 Å². The van der Waals surface area contributed by atoms with Gasteiger partial charge >= 0.3 is 5.97 Å². The Morgan fingerprint density at radius 1 is 1.12 bits per heavy atom. The molecule has 6 heteroatoms.